The van der Waals surface area contributed by atoms with Crippen LogP contribution in [0.25, 0.3) is 0 Å². The van der Waals surface area contributed by atoms with Crippen LogP contribution < -0.4 is 20.7 Å². The van der Waals surface area contributed by atoms with E-state index in [2.05, 4.69) is 30.9 Å². The zero-order valence-electron chi connectivity index (χ0n) is 21.3. The van der Waals surface area contributed by atoms with Gasteiger partial charge < -0.3 is 20.7 Å². The van der Waals surface area contributed by atoms with Crippen LogP contribution in [0.15, 0.2) is 88.9 Å². The SMILES string of the molecule is COc1ccc(Sc2nc(Nc3cccc(F)c3)nc(N[C@@H](CC(C)C)C(=O)Nc3ccccc3)n2)cc1. The Morgan fingerprint density at radius 3 is 2.32 bits per heavy atom. The highest BCUT2D eigenvalue weighted by molar-refractivity contribution is 7.99. The minimum absolute atomic E-state index is 0.200. The number of nitrogens with zero attached hydrogens (tertiary/aromatic N) is 3. The third-order valence-electron chi connectivity index (χ3n) is 5.33. The van der Waals surface area contributed by atoms with Gasteiger partial charge in [0.15, 0.2) is 5.16 Å². The van der Waals surface area contributed by atoms with Gasteiger partial charge in [0.25, 0.3) is 0 Å². The summed E-state index contributed by atoms with van der Waals surface area (Å²) < 4.78 is 19.0. The van der Waals surface area contributed by atoms with Crippen LogP contribution in [0.3, 0.4) is 0 Å². The molecule has 38 heavy (non-hydrogen) atoms. The molecule has 0 aliphatic carbocycles. The van der Waals surface area contributed by atoms with Gasteiger partial charge in [0.1, 0.15) is 17.6 Å². The van der Waals surface area contributed by atoms with Gasteiger partial charge in [-0.15, -0.1) is 0 Å². The second kappa shape index (κ2) is 12.9. The standard InChI is InChI=1S/C28H29FN6O2S/c1-18(2)16-24(25(36)30-20-9-5-4-6-10-20)32-27-33-26(31-21-11-7-8-19(29)17-21)34-28(35-27)38-23-14-12-22(37-3)13-15-23/h4-15,17-18,24H,16H2,1-3H3,(H,30,36)(H2,31,32,33,34,35)/t24-/m0/s1. The van der Waals surface area contributed by atoms with Gasteiger partial charge in [0.05, 0.1) is 7.11 Å². The first-order valence-electron chi connectivity index (χ1n) is 12.1. The summed E-state index contributed by atoms with van der Waals surface area (Å²) in [4.78, 5) is 27.6. The second-order valence-corrected chi connectivity index (χ2v) is 9.90. The first-order valence-corrected chi connectivity index (χ1v) is 12.9. The lowest BCUT2D eigenvalue weighted by Crippen LogP contribution is -2.36. The number of methoxy groups -OCH3 is 1. The maximum Gasteiger partial charge on any atom is 0.246 e. The van der Waals surface area contributed by atoms with E-state index in [1.54, 1.807) is 19.2 Å². The summed E-state index contributed by atoms with van der Waals surface area (Å²) in [5.41, 5.74) is 1.19. The maximum absolute atomic E-state index is 13.8. The molecule has 196 valence electrons. The lowest BCUT2D eigenvalue weighted by molar-refractivity contribution is -0.117. The lowest BCUT2D eigenvalue weighted by atomic mass is 10.0. The Balaban J connectivity index is 1.62. The minimum atomic E-state index is -0.599. The highest BCUT2D eigenvalue weighted by Gasteiger charge is 2.22. The summed E-state index contributed by atoms with van der Waals surface area (Å²) in [5.74, 6) is 0.828. The third-order valence-corrected chi connectivity index (χ3v) is 6.21. The molecule has 1 aromatic heterocycles. The van der Waals surface area contributed by atoms with Crippen molar-refractivity contribution in [2.75, 3.05) is 23.1 Å². The van der Waals surface area contributed by atoms with E-state index >= 15 is 0 Å². The number of aromatic nitrogens is 3. The Kier molecular flexibility index (Phi) is 9.10. The smallest absolute Gasteiger partial charge is 0.246 e. The molecule has 4 aromatic rings. The van der Waals surface area contributed by atoms with Crippen LogP contribution in [0, 0.1) is 11.7 Å². The van der Waals surface area contributed by atoms with Crippen molar-refractivity contribution in [3.05, 3.63) is 84.7 Å². The van der Waals surface area contributed by atoms with Crippen molar-refractivity contribution in [1.29, 1.82) is 0 Å². The zero-order valence-corrected chi connectivity index (χ0v) is 22.1. The fraction of sp³-hybridized carbons (Fsp3) is 0.214. The number of benzene rings is 3. The van der Waals surface area contributed by atoms with Crippen molar-refractivity contribution < 1.29 is 13.9 Å². The summed E-state index contributed by atoms with van der Waals surface area (Å²) in [6.45, 7) is 4.08. The van der Waals surface area contributed by atoms with Crippen LogP contribution in [-0.4, -0.2) is 34.0 Å². The van der Waals surface area contributed by atoms with Crippen LogP contribution >= 0.6 is 11.8 Å². The molecule has 1 heterocycles. The van der Waals surface area contributed by atoms with Crippen molar-refractivity contribution in [2.45, 2.75) is 36.4 Å². The van der Waals surface area contributed by atoms with Crippen molar-refractivity contribution in [3.63, 3.8) is 0 Å². The molecule has 1 amide bonds. The summed E-state index contributed by atoms with van der Waals surface area (Å²) in [6, 6.07) is 22.2. The summed E-state index contributed by atoms with van der Waals surface area (Å²) in [7, 11) is 1.61. The lowest BCUT2D eigenvalue weighted by Gasteiger charge is -2.20. The second-order valence-electron chi connectivity index (χ2n) is 8.86. The molecule has 0 saturated carbocycles. The molecule has 8 nitrogen and oxygen atoms in total. The van der Waals surface area contributed by atoms with Crippen molar-refractivity contribution in [3.8, 4) is 5.75 Å². The van der Waals surface area contributed by atoms with Crippen molar-refractivity contribution in [1.82, 2.24) is 15.0 Å². The predicted molar refractivity (Wildman–Crippen MR) is 149 cm³/mol. The van der Waals surface area contributed by atoms with Gasteiger partial charge in [0.2, 0.25) is 17.8 Å². The van der Waals surface area contributed by atoms with Crippen LogP contribution in [0.2, 0.25) is 0 Å². The number of anilines is 4. The van der Waals surface area contributed by atoms with Crippen molar-refractivity contribution >= 4 is 40.9 Å². The van der Waals surface area contributed by atoms with Gasteiger partial charge in [-0.25, -0.2) is 4.39 Å². The van der Waals surface area contributed by atoms with Gasteiger partial charge in [-0.1, -0.05) is 38.1 Å². The van der Waals surface area contributed by atoms with E-state index in [9.17, 15) is 9.18 Å². The molecule has 0 spiro atoms. The molecule has 0 aliphatic rings. The van der Waals surface area contributed by atoms with Gasteiger partial charge in [-0.2, -0.15) is 15.0 Å². The van der Waals surface area contributed by atoms with E-state index in [-0.39, 0.29) is 29.5 Å². The van der Waals surface area contributed by atoms with Crippen LogP contribution in [0.1, 0.15) is 20.3 Å². The number of rotatable bonds is 11. The minimum Gasteiger partial charge on any atom is -0.497 e. The molecular weight excluding hydrogens is 503 g/mol. The molecule has 1 atom stereocenters. The average molecular weight is 533 g/mol. The Bertz CT molecular complexity index is 1360. The number of halogens is 1. The molecule has 0 saturated heterocycles. The Morgan fingerprint density at radius 2 is 1.63 bits per heavy atom. The number of hydrogen-bond donors (Lipinski definition) is 3. The maximum atomic E-state index is 13.8. The van der Waals surface area contributed by atoms with Gasteiger partial charge >= 0.3 is 0 Å². The number of ether oxygens (including phenoxy) is 1. The largest absolute Gasteiger partial charge is 0.497 e. The fourth-order valence-electron chi connectivity index (χ4n) is 3.58. The number of nitrogens with one attached hydrogen (secondary N) is 3. The molecule has 0 fully saturated rings. The van der Waals surface area contributed by atoms with Crippen LogP contribution in [-0.2, 0) is 4.79 Å². The van der Waals surface area contributed by atoms with Crippen molar-refractivity contribution in [2.24, 2.45) is 5.92 Å². The van der Waals surface area contributed by atoms with Gasteiger partial charge in [-0.3, -0.25) is 4.79 Å². The van der Waals surface area contributed by atoms with Crippen LogP contribution in [0.5, 0.6) is 5.75 Å². The van der Waals surface area contributed by atoms with E-state index in [1.165, 1.54) is 23.9 Å². The molecule has 0 aliphatic heterocycles. The highest BCUT2D eigenvalue weighted by Crippen LogP contribution is 2.28. The Labute approximate surface area is 225 Å². The number of hydrogen-bond acceptors (Lipinski definition) is 8. The quantitative estimate of drug-likeness (QED) is 0.205. The van der Waals surface area contributed by atoms with E-state index in [0.29, 0.717) is 23.0 Å². The summed E-state index contributed by atoms with van der Waals surface area (Å²) in [6.07, 6.45) is 0.554. The number of amides is 1. The number of para-hydroxylation sites is 1. The molecule has 3 aromatic carbocycles. The number of carbonyl (C=O) groups is 1. The first-order chi connectivity index (χ1) is 18.4. The fourth-order valence-corrected chi connectivity index (χ4v) is 4.32. The monoisotopic (exact) mass is 532 g/mol. The molecule has 0 bridgehead atoms. The topological polar surface area (TPSA) is 101 Å². The molecule has 0 radical (unpaired) electrons. The molecule has 3 N–H and O–H groups in total. The predicted octanol–water partition coefficient (Wildman–Crippen LogP) is 6.38. The van der Waals surface area contributed by atoms with E-state index < -0.39 is 6.04 Å². The molecule has 10 heteroatoms. The van der Waals surface area contributed by atoms with E-state index in [1.807, 2.05) is 68.4 Å². The van der Waals surface area contributed by atoms with Gasteiger partial charge in [-0.05, 0) is 78.7 Å². The first kappa shape index (κ1) is 26.9. The molecular formula is C28H29FN6O2S. The summed E-state index contributed by atoms with van der Waals surface area (Å²) in [5, 5.41) is 9.58. The normalized spacial score (nSPS) is 11.6. The Hall–Kier alpha value is -4.18. The van der Waals surface area contributed by atoms with E-state index in [4.69, 9.17) is 4.74 Å². The molecule has 0 unspecified atom stereocenters. The third kappa shape index (κ3) is 7.91. The highest BCUT2D eigenvalue weighted by atomic mass is 32.2. The van der Waals surface area contributed by atoms with Gasteiger partial charge in [0, 0.05) is 16.3 Å². The summed E-state index contributed by atoms with van der Waals surface area (Å²) >= 11 is 1.33. The average Bonchev–Trinajstić information content (AvgIpc) is 2.89. The Morgan fingerprint density at radius 1 is 0.921 bits per heavy atom. The van der Waals surface area contributed by atoms with Crippen LogP contribution in [0.4, 0.5) is 27.7 Å². The zero-order chi connectivity index (χ0) is 26.9. The molecule has 4 rings (SSSR count). The van der Waals surface area contributed by atoms with E-state index in [0.717, 1.165) is 10.6 Å². The number of carbonyl (C=O) groups excluding carboxylic acids is 1.